The second kappa shape index (κ2) is 5.14. The number of carbonyl (C=O) groups is 1. The fourth-order valence-corrected chi connectivity index (χ4v) is 0.953. The normalized spacial score (nSPS) is 9.47. The van der Waals surface area contributed by atoms with Crippen LogP contribution in [0, 0.1) is 5.41 Å². The van der Waals surface area contributed by atoms with Gasteiger partial charge in [0.05, 0.1) is 0 Å². The van der Waals surface area contributed by atoms with Gasteiger partial charge in [-0.15, -0.1) is 0 Å². The Hall–Kier alpha value is -1.84. The van der Waals surface area contributed by atoms with Gasteiger partial charge in [-0.05, 0) is 12.5 Å². The SMILES string of the molecule is CC(=N)N(C)C(=O)OCc1ccccc1. The summed E-state index contributed by atoms with van der Waals surface area (Å²) < 4.78 is 5.00. The fourth-order valence-electron chi connectivity index (χ4n) is 0.953. The van der Waals surface area contributed by atoms with Crippen LogP contribution in [-0.2, 0) is 11.3 Å². The molecule has 0 aromatic heterocycles. The van der Waals surface area contributed by atoms with Gasteiger partial charge in [0.15, 0.2) is 0 Å². The zero-order chi connectivity index (χ0) is 11.3. The van der Waals surface area contributed by atoms with Crippen molar-refractivity contribution in [2.45, 2.75) is 13.5 Å². The number of hydrogen-bond donors (Lipinski definition) is 1. The van der Waals surface area contributed by atoms with E-state index in [2.05, 4.69) is 0 Å². The molecule has 0 saturated heterocycles. The Morgan fingerprint density at radius 1 is 1.40 bits per heavy atom. The average Bonchev–Trinajstić information content (AvgIpc) is 2.26. The van der Waals surface area contributed by atoms with Crippen LogP contribution >= 0.6 is 0 Å². The molecule has 1 aromatic rings. The molecule has 0 fully saturated rings. The minimum atomic E-state index is -0.508. The molecule has 1 amide bonds. The van der Waals surface area contributed by atoms with Crippen molar-refractivity contribution in [2.24, 2.45) is 0 Å². The van der Waals surface area contributed by atoms with E-state index in [1.807, 2.05) is 30.3 Å². The number of carbonyl (C=O) groups excluding carboxylic acids is 1. The molecule has 0 atom stereocenters. The molecule has 0 unspecified atom stereocenters. The molecule has 0 bridgehead atoms. The number of rotatable bonds is 2. The van der Waals surface area contributed by atoms with Crippen molar-refractivity contribution in [1.29, 1.82) is 5.41 Å². The van der Waals surface area contributed by atoms with Crippen LogP contribution in [0.5, 0.6) is 0 Å². The molecule has 1 aromatic carbocycles. The third kappa shape index (κ3) is 3.42. The van der Waals surface area contributed by atoms with Crippen molar-refractivity contribution < 1.29 is 9.53 Å². The number of benzene rings is 1. The quantitative estimate of drug-likeness (QED) is 0.596. The number of amidine groups is 1. The molecule has 80 valence electrons. The number of ether oxygens (including phenoxy) is 1. The van der Waals surface area contributed by atoms with Gasteiger partial charge in [-0.3, -0.25) is 10.3 Å². The molecule has 0 aliphatic carbocycles. The van der Waals surface area contributed by atoms with E-state index in [1.54, 1.807) is 0 Å². The predicted octanol–water partition coefficient (Wildman–Crippen LogP) is 2.25. The summed E-state index contributed by atoms with van der Waals surface area (Å²) in [6.45, 7) is 1.76. The second-order valence-corrected chi connectivity index (χ2v) is 3.18. The van der Waals surface area contributed by atoms with Crippen molar-refractivity contribution in [3.63, 3.8) is 0 Å². The van der Waals surface area contributed by atoms with Crippen LogP contribution < -0.4 is 0 Å². The van der Waals surface area contributed by atoms with Crippen molar-refractivity contribution in [3.8, 4) is 0 Å². The van der Waals surface area contributed by atoms with Crippen LogP contribution in [0.4, 0.5) is 4.79 Å². The highest BCUT2D eigenvalue weighted by Crippen LogP contribution is 2.02. The third-order valence-electron chi connectivity index (χ3n) is 1.98. The molecule has 1 N–H and O–H groups in total. The van der Waals surface area contributed by atoms with Gasteiger partial charge in [0.25, 0.3) is 0 Å². The first-order chi connectivity index (χ1) is 7.11. The lowest BCUT2D eigenvalue weighted by Crippen LogP contribution is -2.31. The fraction of sp³-hybridized carbons (Fsp3) is 0.273. The first-order valence-electron chi connectivity index (χ1n) is 4.61. The second-order valence-electron chi connectivity index (χ2n) is 3.18. The Balaban J connectivity index is 2.44. The Morgan fingerprint density at radius 2 is 2.00 bits per heavy atom. The minimum Gasteiger partial charge on any atom is -0.444 e. The van der Waals surface area contributed by atoms with E-state index in [4.69, 9.17) is 10.1 Å². The summed E-state index contributed by atoms with van der Waals surface area (Å²) >= 11 is 0. The molecule has 15 heavy (non-hydrogen) atoms. The van der Waals surface area contributed by atoms with Gasteiger partial charge in [-0.25, -0.2) is 4.79 Å². The van der Waals surface area contributed by atoms with Gasteiger partial charge in [0.2, 0.25) is 0 Å². The number of amides is 1. The minimum absolute atomic E-state index is 0.160. The van der Waals surface area contributed by atoms with E-state index >= 15 is 0 Å². The van der Waals surface area contributed by atoms with Crippen LogP contribution in [-0.4, -0.2) is 23.9 Å². The summed E-state index contributed by atoms with van der Waals surface area (Å²) in [5.41, 5.74) is 0.932. The molecule has 0 spiro atoms. The molecule has 0 heterocycles. The van der Waals surface area contributed by atoms with E-state index in [9.17, 15) is 4.79 Å². The molecular formula is C11H14N2O2. The van der Waals surface area contributed by atoms with Gasteiger partial charge < -0.3 is 4.74 Å². The van der Waals surface area contributed by atoms with Gasteiger partial charge in [0.1, 0.15) is 12.4 Å². The lowest BCUT2D eigenvalue weighted by Gasteiger charge is -2.14. The number of nitrogens with one attached hydrogen (secondary N) is 1. The molecule has 4 nitrogen and oxygen atoms in total. The number of hydrogen-bond acceptors (Lipinski definition) is 3. The maximum absolute atomic E-state index is 11.3. The van der Waals surface area contributed by atoms with Gasteiger partial charge in [0, 0.05) is 7.05 Å². The molecule has 0 aliphatic rings. The number of nitrogens with zero attached hydrogens (tertiary/aromatic N) is 1. The van der Waals surface area contributed by atoms with Gasteiger partial charge >= 0.3 is 6.09 Å². The molecule has 0 aliphatic heterocycles. The lowest BCUT2D eigenvalue weighted by molar-refractivity contribution is 0.121. The molecule has 1 rings (SSSR count). The van der Waals surface area contributed by atoms with Gasteiger partial charge in [-0.1, -0.05) is 30.3 Å². The molecular weight excluding hydrogens is 192 g/mol. The van der Waals surface area contributed by atoms with Crippen LogP contribution in [0.1, 0.15) is 12.5 Å². The molecule has 0 radical (unpaired) electrons. The van der Waals surface area contributed by atoms with Crippen LogP contribution in [0.25, 0.3) is 0 Å². The van der Waals surface area contributed by atoms with Crippen molar-refractivity contribution in [2.75, 3.05) is 7.05 Å². The Kier molecular flexibility index (Phi) is 3.85. The smallest absolute Gasteiger partial charge is 0.415 e. The maximum Gasteiger partial charge on any atom is 0.415 e. The Labute approximate surface area is 89.0 Å². The topological polar surface area (TPSA) is 53.4 Å². The summed E-state index contributed by atoms with van der Waals surface area (Å²) in [7, 11) is 1.51. The first-order valence-corrected chi connectivity index (χ1v) is 4.61. The molecule has 0 saturated carbocycles. The maximum atomic E-state index is 11.3. The third-order valence-corrected chi connectivity index (χ3v) is 1.98. The van der Waals surface area contributed by atoms with Crippen molar-refractivity contribution in [3.05, 3.63) is 35.9 Å². The largest absolute Gasteiger partial charge is 0.444 e. The van der Waals surface area contributed by atoms with Crippen LogP contribution in [0.2, 0.25) is 0 Å². The summed E-state index contributed by atoms with van der Waals surface area (Å²) in [5.74, 6) is 0.160. The summed E-state index contributed by atoms with van der Waals surface area (Å²) in [6, 6.07) is 9.43. The summed E-state index contributed by atoms with van der Waals surface area (Å²) in [4.78, 5) is 12.5. The highest BCUT2D eigenvalue weighted by atomic mass is 16.6. The molecule has 4 heteroatoms. The monoisotopic (exact) mass is 206 g/mol. The van der Waals surface area contributed by atoms with E-state index in [1.165, 1.54) is 14.0 Å². The zero-order valence-corrected chi connectivity index (χ0v) is 8.86. The highest BCUT2D eigenvalue weighted by Gasteiger charge is 2.10. The summed E-state index contributed by atoms with van der Waals surface area (Å²) in [5, 5.41) is 7.24. The first kappa shape index (κ1) is 11.2. The Bertz CT molecular complexity index is 349. The Morgan fingerprint density at radius 3 is 2.53 bits per heavy atom. The predicted molar refractivity (Wildman–Crippen MR) is 57.8 cm³/mol. The van der Waals surface area contributed by atoms with Crippen LogP contribution in [0.15, 0.2) is 30.3 Å². The lowest BCUT2D eigenvalue weighted by atomic mass is 10.2. The highest BCUT2D eigenvalue weighted by molar-refractivity contribution is 5.91. The summed E-state index contributed by atoms with van der Waals surface area (Å²) in [6.07, 6.45) is -0.508. The van der Waals surface area contributed by atoms with Crippen molar-refractivity contribution >= 4 is 11.9 Å². The van der Waals surface area contributed by atoms with E-state index < -0.39 is 6.09 Å². The van der Waals surface area contributed by atoms with E-state index in [0.717, 1.165) is 10.5 Å². The van der Waals surface area contributed by atoms with E-state index in [0.29, 0.717) is 0 Å². The van der Waals surface area contributed by atoms with Gasteiger partial charge in [-0.2, -0.15) is 0 Å². The standard InChI is InChI=1S/C11H14N2O2/c1-9(12)13(2)11(14)15-8-10-6-4-3-5-7-10/h3-7,12H,8H2,1-2H3. The average molecular weight is 206 g/mol. The van der Waals surface area contributed by atoms with E-state index in [-0.39, 0.29) is 12.4 Å². The van der Waals surface area contributed by atoms with Crippen molar-refractivity contribution in [1.82, 2.24) is 4.90 Å². The zero-order valence-electron chi connectivity index (χ0n) is 8.86. The van der Waals surface area contributed by atoms with Crippen LogP contribution in [0.3, 0.4) is 0 Å².